The molecule has 0 saturated heterocycles. The maximum absolute atomic E-state index is 3.32. The first-order valence-corrected chi connectivity index (χ1v) is 1.72. The van der Waals surface area contributed by atoms with Crippen LogP contribution in [0, 0.1) is 18.9 Å². The van der Waals surface area contributed by atoms with Gasteiger partial charge in [-0.3, -0.25) is 0 Å². The van der Waals surface area contributed by atoms with E-state index in [1.54, 1.807) is 4.90 Å². The zero-order chi connectivity index (χ0) is 4.99. The van der Waals surface area contributed by atoms with Gasteiger partial charge in [-0.1, -0.05) is 5.92 Å². The van der Waals surface area contributed by atoms with Gasteiger partial charge in [0, 0.05) is 27.1 Å². The summed E-state index contributed by atoms with van der Waals surface area (Å²) < 4.78 is 0. The first-order chi connectivity index (χ1) is 2.77. The molecule has 0 saturated carbocycles. The van der Waals surface area contributed by atoms with Crippen molar-refractivity contribution in [3.63, 3.8) is 0 Å². The largest absolute Gasteiger partial charge is 0.339 e. The van der Waals surface area contributed by atoms with Gasteiger partial charge in [-0.05, 0) is 0 Å². The van der Waals surface area contributed by atoms with Gasteiger partial charge in [-0.15, -0.1) is 0 Å². The maximum Gasteiger partial charge on any atom is 0.0218 e. The Balaban J connectivity index is 3.20. The van der Waals surface area contributed by atoms with Gasteiger partial charge in [0.05, 0.1) is 0 Å². The average Bonchev–Trinajstić information content (AvgIpc) is 1.35. The maximum atomic E-state index is 3.32. The summed E-state index contributed by atoms with van der Waals surface area (Å²) in [7, 11) is 3.75. The summed E-state index contributed by atoms with van der Waals surface area (Å²) in [6.45, 7) is 3.32. The van der Waals surface area contributed by atoms with E-state index in [0.717, 1.165) is 0 Å². The second-order valence-electron chi connectivity index (χ2n) is 1.18. The van der Waals surface area contributed by atoms with Gasteiger partial charge in [-0.25, -0.2) is 0 Å². The molecule has 0 N–H and O–H groups in total. The van der Waals surface area contributed by atoms with Crippen LogP contribution in [-0.2, 0) is 0 Å². The van der Waals surface area contributed by atoms with E-state index in [0.29, 0.717) is 0 Å². The lowest BCUT2D eigenvalue weighted by Gasteiger charge is -1.94. The smallest absolute Gasteiger partial charge is 0.0218 e. The summed E-state index contributed by atoms with van der Waals surface area (Å²) in [5, 5.41) is 0. The molecule has 6 heavy (non-hydrogen) atoms. The molecule has 0 atom stereocenters. The average molecular weight is 82.1 g/mol. The minimum atomic E-state index is 1.76. The van der Waals surface area contributed by atoms with Gasteiger partial charge in [0.15, 0.2) is 0 Å². The molecule has 0 amide bonds. The molecular formula is C5H8N. The Kier molecular flexibility index (Phi) is 2.31. The molecule has 0 rings (SSSR count). The van der Waals surface area contributed by atoms with Crippen LogP contribution < -0.4 is 0 Å². The van der Waals surface area contributed by atoms with Crippen LogP contribution in [0.25, 0.3) is 0 Å². The molecule has 0 aliphatic heterocycles. The van der Waals surface area contributed by atoms with Crippen LogP contribution in [0.4, 0.5) is 0 Å². The van der Waals surface area contributed by atoms with Gasteiger partial charge in [-0.2, -0.15) is 0 Å². The molecule has 0 fully saturated rings. The summed E-state index contributed by atoms with van der Waals surface area (Å²) in [4.78, 5) is 1.76. The molecule has 1 heteroatoms. The zero-order valence-electron chi connectivity index (χ0n) is 4.15. The molecule has 1 radical (unpaired) electrons. The number of hydrogen-bond acceptors (Lipinski definition) is 1. The summed E-state index contributed by atoms with van der Waals surface area (Å²) in [6, 6.07) is 2.68. The quantitative estimate of drug-likeness (QED) is 0.301. The van der Waals surface area contributed by atoms with Crippen molar-refractivity contribution in [1.82, 2.24) is 4.90 Å². The third kappa shape index (κ3) is 3.36. The molecule has 0 spiro atoms. The summed E-state index contributed by atoms with van der Waals surface area (Å²) in [5.74, 6) is 2.49. The van der Waals surface area contributed by atoms with Crippen molar-refractivity contribution in [3.05, 3.63) is 6.92 Å². The lowest BCUT2D eigenvalue weighted by Crippen LogP contribution is -2.00. The van der Waals surface area contributed by atoms with Crippen molar-refractivity contribution in [2.24, 2.45) is 0 Å². The van der Waals surface area contributed by atoms with Crippen molar-refractivity contribution >= 4 is 0 Å². The van der Waals surface area contributed by atoms with Crippen molar-refractivity contribution < 1.29 is 0 Å². The SMILES string of the molecule is [CH2]C#CN(C)C. The number of hydrogen-bond donors (Lipinski definition) is 0. The van der Waals surface area contributed by atoms with E-state index in [9.17, 15) is 0 Å². The lowest BCUT2D eigenvalue weighted by atomic mass is 10.7. The molecule has 33 valence electrons. The van der Waals surface area contributed by atoms with Crippen LogP contribution in [0.15, 0.2) is 0 Å². The van der Waals surface area contributed by atoms with E-state index in [2.05, 4.69) is 18.9 Å². The Bertz CT molecular complexity index is 73.7. The zero-order valence-corrected chi connectivity index (χ0v) is 4.15. The van der Waals surface area contributed by atoms with Crippen molar-refractivity contribution in [3.8, 4) is 12.0 Å². The molecule has 0 unspecified atom stereocenters. The van der Waals surface area contributed by atoms with E-state index < -0.39 is 0 Å². The molecular weight excluding hydrogens is 74.1 g/mol. The highest BCUT2D eigenvalue weighted by Gasteiger charge is 1.64. The summed E-state index contributed by atoms with van der Waals surface area (Å²) in [5.41, 5.74) is 0. The topological polar surface area (TPSA) is 3.24 Å². The minimum absolute atomic E-state index is 1.76. The van der Waals surface area contributed by atoms with E-state index in [-0.39, 0.29) is 0 Å². The molecule has 0 aliphatic rings. The summed E-state index contributed by atoms with van der Waals surface area (Å²) in [6.07, 6.45) is 0. The van der Waals surface area contributed by atoms with Gasteiger partial charge in [0.2, 0.25) is 0 Å². The van der Waals surface area contributed by atoms with E-state index in [1.165, 1.54) is 0 Å². The third-order valence-electron chi connectivity index (χ3n) is 0.303. The van der Waals surface area contributed by atoms with E-state index in [1.807, 2.05) is 14.1 Å². The van der Waals surface area contributed by atoms with Crippen LogP contribution in [0.5, 0.6) is 0 Å². The third-order valence-corrected chi connectivity index (χ3v) is 0.303. The molecule has 0 aliphatic carbocycles. The van der Waals surface area contributed by atoms with Crippen LogP contribution in [0.2, 0.25) is 0 Å². The number of rotatable bonds is 0. The Labute approximate surface area is 39.0 Å². The summed E-state index contributed by atoms with van der Waals surface area (Å²) >= 11 is 0. The molecule has 0 aromatic rings. The van der Waals surface area contributed by atoms with Crippen molar-refractivity contribution in [2.75, 3.05) is 14.1 Å². The van der Waals surface area contributed by atoms with Gasteiger partial charge in [0.25, 0.3) is 0 Å². The van der Waals surface area contributed by atoms with Crippen LogP contribution in [-0.4, -0.2) is 19.0 Å². The second-order valence-corrected chi connectivity index (χ2v) is 1.18. The molecule has 0 aromatic carbocycles. The monoisotopic (exact) mass is 82.1 g/mol. The van der Waals surface area contributed by atoms with E-state index >= 15 is 0 Å². The molecule has 0 heterocycles. The van der Waals surface area contributed by atoms with Crippen LogP contribution in [0.3, 0.4) is 0 Å². The Morgan fingerprint density at radius 1 is 1.50 bits per heavy atom. The minimum Gasteiger partial charge on any atom is -0.339 e. The Morgan fingerprint density at radius 3 is 2.00 bits per heavy atom. The highest BCUT2D eigenvalue weighted by atomic mass is 15.0. The highest BCUT2D eigenvalue weighted by Crippen LogP contribution is 1.60. The van der Waals surface area contributed by atoms with Crippen molar-refractivity contribution in [2.45, 2.75) is 0 Å². The predicted octanol–water partition coefficient (Wildman–Crippen LogP) is 0.343. The van der Waals surface area contributed by atoms with E-state index in [4.69, 9.17) is 0 Å². The van der Waals surface area contributed by atoms with Gasteiger partial charge >= 0.3 is 0 Å². The fourth-order valence-corrected chi connectivity index (χ4v) is 0.158. The number of nitrogens with zero attached hydrogens (tertiary/aromatic N) is 1. The standard InChI is InChI=1S/C5H8N/c1-4-5-6(2)3/h1H2,2-3H3. The fraction of sp³-hybridized carbons (Fsp3) is 0.400. The van der Waals surface area contributed by atoms with Gasteiger partial charge < -0.3 is 4.90 Å². The normalized spacial score (nSPS) is 5.83. The fourth-order valence-electron chi connectivity index (χ4n) is 0.158. The van der Waals surface area contributed by atoms with Crippen LogP contribution >= 0.6 is 0 Å². The molecule has 1 nitrogen and oxygen atoms in total. The Hall–Kier alpha value is -0.640. The van der Waals surface area contributed by atoms with Crippen molar-refractivity contribution in [1.29, 1.82) is 0 Å². The lowest BCUT2D eigenvalue weighted by molar-refractivity contribution is 0.597. The van der Waals surface area contributed by atoms with Gasteiger partial charge in [0.1, 0.15) is 0 Å². The highest BCUT2D eigenvalue weighted by molar-refractivity contribution is 4.98. The molecule has 0 aromatic heterocycles. The Morgan fingerprint density at radius 2 is 2.00 bits per heavy atom. The molecule has 0 bridgehead atoms. The first kappa shape index (κ1) is 5.36. The van der Waals surface area contributed by atoms with Crippen LogP contribution in [0.1, 0.15) is 0 Å². The second kappa shape index (κ2) is 2.59. The first-order valence-electron chi connectivity index (χ1n) is 1.72. The predicted molar refractivity (Wildman–Crippen MR) is 26.8 cm³/mol.